The summed E-state index contributed by atoms with van der Waals surface area (Å²) in [6.45, 7) is 2.22. The molecule has 0 heterocycles. The Morgan fingerprint density at radius 1 is 1.00 bits per heavy atom. The Hall–Kier alpha value is -1.03. The molecule has 2 aromatic rings. The molecule has 0 aliphatic carbocycles. The monoisotopic (exact) mass is 351 g/mol. The maximum atomic E-state index is 5.94. The van der Waals surface area contributed by atoms with Crippen molar-refractivity contribution in [1.82, 2.24) is 0 Å². The maximum absolute atomic E-state index is 5.94. The van der Waals surface area contributed by atoms with Gasteiger partial charge in [0.2, 0.25) is 0 Å². The van der Waals surface area contributed by atoms with Crippen LogP contribution in [0.25, 0.3) is 11.1 Å². The fraction of sp³-hybridized carbons (Fsp3) is 0.250. The van der Waals surface area contributed by atoms with Crippen molar-refractivity contribution >= 4 is 28.3 Å². The lowest BCUT2D eigenvalue weighted by molar-refractivity contribution is 0.923. The van der Waals surface area contributed by atoms with Crippen molar-refractivity contribution in [2.45, 2.75) is 24.2 Å². The van der Waals surface area contributed by atoms with Crippen LogP contribution in [0.3, 0.4) is 0 Å². The fourth-order valence-electron chi connectivity index (χ4n) is 2.23. The first-order valence-electron chi connectivity index (χ1n) is 6.29. The van der Waals surface area contributed by atoms with Gasteiger partial charge in [-0.3, -0.25) is 0 Å². The molecule has 0 aliphatic rings. The molecule has 0 fully saturated rings. The lowest BCUT2D eigenvalue weighted by Crippen LogP contribution is -1.94. The van der Waals surface area contributed by atoms with Crippen LogP contribution < -0.4 is 5.73 Å². The topological polar surface area (TPSA) is 26.0 Å². The van der Waals surface area contributed by atoms with Crippen LogP contribution in [0, 0.1) is 0 Å². The molecule has 2 aromatic carbocycles. The summed E-state index contributed by atoms with van der Waals surface area (Å²) in [5.74, 6) is 0. The number of halogens is 1. The zero-order chi connectivity index (χ0) is 13.0. The summed E-state index contributed by atoms with van der Waals surface area (Å²) in [5, 5.41) is 0. The highest BCUT2D eigenvalue weighted by Gasteiger charge is 2.08. The number of rotatable bonds is 4. The molecule has 2 rings (SSSR count). The Morgan fingerprint density at radius 3 is 2.50 bits per heavy atom. The second-order valence-electron chi connectivity index (χ2n) is 4.46. The Balaban J connectivity index is 2.57. The van der Waals surface area contributed by atoms with Gasteiger partial charge in [-0.1, -0.05) is 66.3 Å². The number of aryl methyl sites for hydroxylation is 1. The molecule has 0 unspecified atom stereocenters. The fourth-order valence-corrected chi connectivity index (χ4v) is 2.90. The van der Waals surface area contributed by atoms with E-state index in [4.69, 9.17) is 5.73 Å². The Morgan fingerprint density at radius 2 is 1.78 bits per heavy atom. The minimum Gasteiger partial charge on any atom is -0.399 e. The number of nitrogens with two attached hydrogens (primary N) is 1. The second kappa shape index (κ2) is 6.23. The molecule has 0 bridgehead atoms. The predicted molar refractivity (Wildman–Crippen MR) is 88.0 cm³/mol. The molecule has 0 radical (unpaired) electrons. The van der Waals surface area contributed by atoms with Gasteiger partial charge < -0.3 is 5.73 Å². The Bertz CT molecular complexity index is 534. The number of alkyl halides is 1. The first kappa shape index (κ1) is 13.4. The lowest BCUT2D eigenvalue weighted by atomic mass is 9.93. The maximum Gasteiger partial charge on any atom is 0.0320 e. The van der Waals surface area contributed by atoms with E-state index in [2.05, 4.69) is 65.9 Å². The molecular weight excluding hydrogens is 333 g/mol. The molecule has 94 valence electrons. The van der Waals surface area contributed by atoms with Crippen LogP contribution in [0.15, 0.2) is 42.5 Å². The summed E-state index contributed by atoms with van der Waals surface area (Å²) in [7, 11) is 0. The number of hydrogen-bond acceptors (Lipinski definition) is 1. The van der Waals surface area contributed by atoms with E-state index in [0.717, 1.165) is 16.5 Å². The van der Waals surface area contributed by atoms with Gasteiger partial charge in [0, 0.05) is 10.1 Å². The molecule has 2 heteroatoms. The smallest absolute Gasteiger partial charge is 0.0320 e. The number of nitrogen functional groups attached to an aromatic ring is 1. The van der Waals surface area contributed by atoms with Crippen molar-refractivity contribution < 1.29 is 0 Å². The van der Waals surface area contributed by atoms with Gasteiger partial charge in [-0.2, -0.15) is 0 Å². The zero-order valence-corrected chi connectivity index (χ0v) is 12.8. The number of benzene rings is 2. The van der Waals surface area contributed by atoms with E-state index in [-0.39, 0.29) is 0 Å². The van der Waals surface area contributed by atoms with Crippen LogP contribution in [-0.4, -0.2) is 0 Å². The van der Waals surface area contributed by atoms with Crippen LogP contribution in [0.5, 0.6) is 0 Å². The van der Waals surface area contributed by atoms with Crippen molar-refractivity contribution in [2.24, 2.45) is 0 Å². The van der Waals surface area contributed by atoms with Crippen LogP contribution >= 0.6 is 22.6 Å². The molecule has 0 saturated carbocycles. The summed E-state index contributed by atoms with van der Waals surface area (Å²) >= 11 is 2.41. The van der Waals surface area contributed by atoms with E-state index >= 15 is 0 Å². The summed E-state index contributed by atoms with van der Waals surface area (Å²) in [4.78, 5) is 0. The molecule has 0 aliphatic heterocycles. The van der Waals surface area contributed by atoms with Crippen molar-refractivity contribution in [3.05, 3.63) is 53.6 Å². The zero-order valence-electron chi connectivity index (χ0n) is 10.6. The van der Waals surface area contributed by atoms with Gasteiger partial charge >= 0.3 is 0 Å². The number of hydrogen-bond donors (Lipinski definition) is 1. The molecule has 0 saturated heterocycles. The van der Waals surface area contributed by atoms with E-state index in [9.17, 15) is 0 Å². The highest BCUT2D eigenvalue weighted by Crippen LogP contribution is 2.31. The van der Waals surface area contributed by atoms with Crippen LogP contribution in [0.1, 0.15) is 24.5 Å². The Labute approximate surface area is 123 Å². The van der Waals surface area contributed by atoms with Crippen LogP contribution in [0.4, 0.5) is 5.69 Å². The average molecular weight is 351 g/mol. The summed E-state index contributed by atoms with van der Waals surface area (Å²) in [5.41, 5.74) is 12.2. The molecule has 0 amide bonds. The van der Waals surface area contributed by atoms with Gasteiger partial charge in [0.05, 0.1) is 0 Å². The van der Waals surface area contributed by atoms with E-state index in [1.165, 1.54) is 28.7 Å². The minimum absolute atomic E-state index is 0.838. The van der Waals surface area contributed by atoms with Crippen LogP contribution in [-0.2, 0) is 10.8 Å². The van der Waals surface area contributed by atoms with Gasteiger partial charge in [-0.15, -0.1) is 0 Å². The highest BCUT2D eigenvalue weighted by atomic mass is 127. The molecule has 1 nitrogen and oxygen atoms in total. The molecule has 0 spiro atoms. The molecular formula is C16H18IN. The van der Waals surface area contributed by atoms with Gasteiger partial charge in [0.25, 0.3) is 0 Å². The second-order valence-corrected chi connectivity index (χ2v) is 5.22. The third-order valence-corrected chi connectivity index (χ3v) is 3.93. The van der Waals surface area contributed by atoms with Gasteiger partial charge in [-0.25, -0.2) is 0 Å². The summed E-state index contributed by atoms with van der Waals surface area (Å²) in [6, 6.07) is 14.9. The first-order valence-corrected chi connectivity index (χ1v) is 7.81. The number of anilines is 1. The predicted octanol–water partition coefficient (Wildman–Crippen LogP) is 4.82. The van der Waals surface area contributed by atoms with E-state index < -0.39 is 0 Å². The van der Waals surface area contributed by atoms with Gasteiger partial charge in [0.15, 0.2) is 0 Å². The van der Waals surface area contributed by atoms with Crippen molar-refractivity contribution in [3.8, 4) is 11.1 Å². The molecule has 0 atom stereocenters. The summed E-state index contributed by atoms with van der Waals surface area (Å²) in [6.07, 6.45) is 2.28. The van der Waals surface area contributed by atoms with Gasteiger partial charge in [0.1, 0.15) is 0 Å². The quantitative estimate of drug-likeness (QED) is 0.477. The lowest BCUT2D eigenvalue weighted by Gasteiger charge is -2.13. The molecule has 18 heavy (non-hydrogen) atoms. The van der Waals surface area contributed by atoms with E-state index in [1.54, 1.807) is 0 Å². The van der Waals surface area contributed by atoms with Crippen molar-refractivity contribution in [2.75, 3.05) is 5.73 Å². The Kier molecular flexibility index (Phi) is 4.64. The van der Waals surface area contributed by atoms with E-state index in [0.29, 0.717) is 0 Å². The highest BCUT2D eigenvalue weighted by molar-refractivity contribution is 14.1. The minimum atomic E-state index is 0.838. The average Bonchev–Trinajstić information content (AvgIpc) is 2.40. The first-order chi connectivity index (χ1) is 8.76. The largest absolute Gasteiger partial charge is 0.399 e. The SMILES string of the molecule is CCCc1ccccc1-c1cc(N)ccc1CI. The third kappa shape index (κ3) is 2.86. The van der Waals surface area contributed by atoms with Crippen molar-refractivity contribution in [3.63, 3.8) is 0 Å². The summed E-state index contributed by atoms with van der Waals surface area (Å²) < 4.78 is 1.01. The molecule has 2 N–H and O–H groups in total. The van der Waals surface area contributed by atoms with E-state index in [1.807, 2.05) is 6.07 Å². The van der Waals surface area contributed by atoms with Gasteiger partial charge in [-0.05, 0) is 40.8 Å². The molecule has 0 aromatic heterocycles. The normalized spacial score (nSPS) is 10.6. The van der Waals surface area contributed by atoms with Crippen molar-refractivity contribution in [1.29, 1.82) is 0 Å². The third-order valence-electron chi connectivity index (χ3n) is 3.10. The van der Waals surface area contributed by atoms with Crippen LogP contribution in [0.2, 0.25) is 0 Å². The standard InChI is InChI=1S/C16H18IN/c1-2-5-12-6-3-4-7-15(12)16-10-14(18)9-8-13(16)11-17/h3-4,6-10H,2,5,11,18H2,1H3.